The quantitative estimate of drug-likeness (QED) is 0.317. The van der Waals surface area contributed by atoms with Crippen molar-refractivity contribution in [1.29, 1.82) is 0 Å². The van der Waals surface area contributed by atoms with Gasteiger partial charge in [-0.3, -0.25) is 0 Å². The smallest absolute Gasteiger partial charge is 0.169 e. The fourth-order valence-corrected chi connectivity index (χ4v) is 4.21. The van der Waals surface area contributed by atoms with Crippen LogP contribution >= 0.6 is 0 Å². The minimum absolute atomic E-state index is 0.106. The van der Waals surface area contributed by atoms with Gasteiger partial charge in [0.05, 0.1) is 0 Å². The van der Waals surface area contributed by atoms with Gasteiger partial charge >= 0.3 is 0 Å². The number of phenolic OH excluding ortho intramolecular Hbond substituents is 3. The minimum Gasteiger partial charge on any atom is -0.508 e. The lowest BCUT2D eigenvalue weighted by atomic mass is 9.93. The zero-order valence-electron chi connectivity index (χ0n) is 17.6. The van der Waals surface area contributed by atoms with E-state index in [2.05, 4.69) is 0 Å². The molecule has 4 heterocycles. The molecule has 0 spiro atoms. The van der Waals surface area contributed by atoms with E-state index in [1.807, 2.05) is 54.6 Å². The van der Waals surface area contributed by atoms with Gasteiger partial charge in [-0.1, -0.05) is 36.4 Å². The molecule has 32 heavy (non-hydrogen) atoms. The highest BCUT2D eigenvalue weighted by atomic mass is 16.5. The molecule has 0 saturated carbocycles. The Kier molecular flexibility index (Phi) is 5.20. The molecule has 4 aromatic carbocycles. The zero-order valence-corrected chi connectivity index (χ0v) is 17.6. The fraction of sp³-hybridized carbons (Fsp3) is 0.143. The summed E-state index contributed by atoms with van der Waals surface area (Å²) in [5, 5.41) is 31.1. The van der Waals surface area contributed by atoms with Gasteiger partial charge in [-0.2, -0.15) is 0 Å². The molecule has 0 radical (unpaired) electrons. The molecule has 0 unspecified atom stereocenters. The number of benzene rings is 4. The summed E-state index contributed by atoms with van der Waals surface area (Å²) in [6.07, 6.45) is 3.04. The lowest BCUT2D eigenvalue weighted by molar-refractivity contribution is 0.410. The molecular weight excluding hydrogens is 400 g/mol. The molecule has 4 heteroatoms. The first kappa shape index (κ1) is 20.0. The van der Waals surface area contributed by atoms with Crippen LogP contribution in [0, 0.1) is 0 Å². The number of aryl methyl sites for hydroxylation is 4. The van der Waals surface area contributed by atoms with Crippen molar-refractivity contribution in [3.8, 4) is 39.9 Å². The first-order valence-electron chi connectivity index (χ1n) is 10.8. The van der Waals surface area contributed by atoms with Crippen molar-refractivity contribution in [3.05, 3.63) is 101 Å². The Hall–Kier alpha value is -3.92. The third kappa shape index (κ3) is 4.12. The molecule has 160 valence electrons. The Bertz CT molecular complexity index is 1280. The van der Waals surface area contributed by atoms with Crippen LogP contribution < -0.4 is 4.74 Å². The summed E-state index contributed by atoms with van der Waals surface area (Å²) in [4.78, 5) is 0. The number of hydrogen-bond acceptors (Lipinski definition) is 4. The highest BCUT2D eigenvalue weighted by molar-refractivity contribution is 5.74. The molecular formula is C28H24O4. The van der Waals surface area contributed by atoms with E-state index in [-0.39, 0.29) is 17.2 Å². The maximum atomic E-state index is 10.8. The van der Waals surface area contributed by atoms with E-state index in [1.54, 1.807) is 24.3 Å². The lowest BCUT2D eigenvalue weighted by Gasteiger charge is -2.15. The summed E-state index contributed by atoms with van der Waals surface area (Å²) in [6, 6.07) is 24.3. The van der Waals surface area contributed by atoms with Crippen LogP contribution in [0.2, 0.25) is 0 Å². The van der Waals surface area contributed by atoms with Gasteiger partial charge in [0, 0.05) is 5.56 Å². The van der Waals surface area contributed by atoms with E-state index in [0.29, 0.717) is 11.5 Å². The van der Waals surface area contributed by atoms with Crippen molar-refractivity contribution in [2.45, 2.75) is 25.7 Å². The Morgan fingerprint density at radius 2 is 1.22 bits per heavy atom. The second-order valence-corrected chi connectivity index (χ2v) is 8.24. The van der Waals surface area contributed by atoms with E-state index in [1.165, 1.54) is 0 Å². The molecule has 0 aromatic heterocycles. The Labute approximate surface area is 187 Å². The topological polar surface area (TPSA) is 69.9 Å². The van der Waals surface area contributed by atoms with Gasteiger partial charge in [-0.25, -0.2) is 0 Å². The second kappa shape index (κ2) is 8.31. The monoisotopic (exact) mass is 424 g/mol. The molecule has 6 bridgehead atoms. The predicted molar refractivity (Wildman–Crippen MR) is 125 cm³/mol. The highest BCUT2D eigenvalue weighted by Crippen LogP contribution is 2.36. The van der Waals surface area contributed by atoms with Crippen molar-refractivity contribution < 1.29 is 20.1 Å². The standard InChI is InChI=1S/C28H24O4/c29-22-10-9-21-8-3-18-4-11-23(12-5-18)32-28-16-20(7-14-26(28)30)2-1-19-6-13-24(25(21)17-22)27(31)15-19/h4-7,9-17,29-31H,1-3,8H2. The summed E-state index contributed by atoms with van der Waals surface area (Å²) in [6.45, 7) is 0. The SMILES string of the molecule is Oc1ccc2c(c1)-c1ccc(cc1O)CCc1ccc(O)c(c1)Oc1ccc(cc1)CC2. The molecule has 4 aliphatic heterocycles. The van der Waals surface area contributed by atoms with Gasteiger partial charge in [0.25, 0.3) is 0 Å². The first-order valence-corrected chi connectivity index (χ1v) is 10.8. The molecule has 0 atom stereocenters. The normalized spacial score (nSPS) is 13.1. The maximum Gasteiger partial charge on any atom is 0.169 e. The minimum atomic E-state index is 0.106. The van der Waals surface area contributed by atoms with Crippen molar-refractivity contribution in [1.82, 2.24) is 0 Å². The van der Waals surface area contributed by atoms with Crippen LogP contribution in [0.3, 0.4) is 0 Å². The number of hydrogen-bond donors (Lipinski definition) is 3. The van der Waals surface area contributed by atoms with Crippen molar-refractivity contribution in [2.24, 2.45) is 0 Å². The predicted octanol–water partition coefficient (Wildman–Crippen LogP) is 6.15. The van der Waals surface area contributed by atoms with Crippen LogP contribution in [0.5, 0.6) is 28.7 Å². The Morgan fingerprint density at radius 3 is 2.00 bits per heavy atom. The Balaban J connectivity index is 1.59. The average molecular weight is 424 g/mol. The Morgan fingerprint density at radius 1 is 0.531 bits per heavy atom. The first-order chi connectivity index (χ1) is 15.5. The van der Waals surface area contributed by atoms with Gasteiger partial charge in [-0.15, -0.1) is 0 Å². The third-order valence-corrected chi connectivity index (χ3v) is 6.01. The molecule has 0 saturated heterocycles. The molecule has 0 amide bonds. The number of ether oxygens (including phenoxy) is 1. The van der Waals surface area contributed by atoms with Crippen molar-refractivity contribution >= 4 is 0 Å². The number of aromatic hydroxyl groups is 3. The lowest BCUT2D eigenvalue weighted by Crippen LogP contribution is -1.97. The van der Waals surface area contributed by atoms with Crippen LogP contribution in [0.25, 0.3) is 11.1 Å². The molecule has 4 aliphatic rings. The maximum absolute atomic E-state index is 10.8. The van der Waals surface area contributed by atoms with Gasteiger partial charge in [0.15, 0.2) is 11.5 Å². The van der Waals surface area contributed by atoms with E-state index in [0.717, 1.165) is 59.1 Å². The van der Waals surface area contributed by atoms with Gasteiger partial charge in [0.1, 0.15) is 17.2 Å². The van der Waals surface area contributed by atoms with Gasteiger partial charge in [0.2, 0.25) is 0 Å². The number of phenols is 3. The highest BCUT2D eigenvalue weighted by Gasteiger charge is 2.13. The summed E-state index contributed by atoms with van der Waals surface area (Å²) in [5.41, 5.74) is 5.82. The molecule has 4 aromatic rings. The molecule has 0 aliphatic carbocycles. The van der Waals surface area contributed by atoms with E-state index in [9.17, 15) is 15.3 Å². The van der Waals surface area contributed by atoms with Crippen molar-refractivity contribution in [2.75, 3.05) is 0 Å². The zero-order chi connectivity index (χ0) is 22.1. The molecule has 0 fully saturated rings. The van der Waals surface area contributed by atoms with E-state index in [4.69, 9.17) is 4.74 Å². The van der Waals surface area contributed by atoms with Gasteiger partial charge < -0.3 is 20.1 Å². The second-order valence-electron chi connectivity index (χ2n) is 8.24. The summed E-state index contributed by atoms with van der Waals surface area (Å²) in [7, 11) is 0. The fourth-order valence-electron chi connectivity index (χ4n) is 4.21. The summed E-state index contributed by atoms with van der Waals surface area (Å²) in [5.74, 6) is 1.60. The molecule has 8 rings (SSSR count). The average Bonchev–Trinajstić information content (AvgIpc) is 2.79. The molecule has 3 N–H and O–H groups in total. The summed E-state index contributed by atoms with van der Waals surface area (Å²) >= 11 is 0. The summed E-state index contributed by atoms with van der Waals surface area (Å²) < 4.78 is 5.94. The van der Waals surface area contributed by atoms with Crippen LogP contribution in [0.1, 0.15) is 22.3 Å². The molecule has 4 nitrogen and oxygen atoms in total. The van der Waals surface area contributed by atoms with Crippen LogP contribution in [-0.2, 0) is 25.7 Å². The van der Waals surface area contributed by atoms with Crippen LogP contribution in [0.15, 0.2) is 78.9 Å². The van der Waals surface area contributed by atoms with Crippen LogP contribution in [-0.4, -0.2) is 15.3 Å². The van der Waals surface area contributed by atoms with Gasteiger partial charge in [-0.05, 0) is 96.0 Å². The van der Waals surface area contributed by atoms with Crippen LogP contribution in [0.4, 0.5) is 0 Å². The van der Waals surface area contributed by atoms with Crippen molar-refractivity contribution in [3.63, 3.8) is 0 Å². The third-order valence-electron chi connectivity index (χ3n) is 6.01. The largest absolute Gasteiger partial charge is 0.508 e. The van der Waals surface area contributed by atoms with E-state index < -0.39 is 0 Å². The van der Waals surface area contributed by atoms with E-state index >= 15 is 0 Å². The number of rotatable bonds is 0.